The van der Waals surface area contributed by atoms with E-state index in [1.54, 1.807) is 22.8 Å². The molecule has 6 heteroatoms. The summed E-state index contributed by atoms with van der Waals surface area (Å²) in [4.78, 5) is 12.1. The normalized spacial score (nSPS) is 8.59. The summed E-state index contributed by atoms with van der Waals surface area (Å²) >= 11 is 5.90. The molecule has 0 aliphatic heterocycles. The van der Waals surface area contributed by atoms with Crippen LogP contribution < -0.4 is 5.32 Å². The Morgan fingerprint density at radius 3 is 2.22 bits per heavy atom. The van der Waals surface area contributed by atoms with E-state index < -0.39 is 5.82 Å². The molecular weight excluding hydrogens is 365 g/mol. The molecule has 0 unspecified atom stereocenters. The Labute approximate surface area is 168 Å². The van der Waals surface area contributed by atoms with Gasteiger partial charge in [0.1, 0.15) is 23.3 Å². The van der Waals surface area contributed by atoms with E-state index in [0.717, 1.165) is 0 Å². The smallest absolute Gasteiger partial charge is 0.268 e. The second-order valence-electron chi connectivity index (χ2n) is 4.34. The van der Waals surface area contributed by atoms with E-state index in [2.05, 4.69) is 5.32 Å². The zero-order valence-electron chi connectivity index (χ0n) is 17.4. The number of carbonyl (C=O) groups is 1. The molecule has 0 saturated heterocycles. The maximum absolute atomic E-state index is 13.6. The summed E-state index contributed by atoms with van der Waals surface area (Å²) in [6, 6.07) is 9.52. The Bertz CT molecular complexity index is 700. The minimum Gasteiger partial charge on any atom is -0.347 e. The number of benzene rings is 1. The molecule has 0 aliphatic rings. The van der Waals surface area contributed by atoms with Gasteiger partial charge in [0.15, 0.2) is 0 Å². The van der Waals surface area contributed by atoms with E-state index >= 15 is 0 Å². The summed E-state index contributed by atoms with van der Waals surface area (Å²) in [5.41, 5.74) is 1.01. The third-order valence-electron chi connectivity index (χ3n) is 3.13. The lowest BCUT2D eigenvalue weighted by molar-refractivity contribution is 0.0941. The molecule has 2 rings (SSSR count). The highest BCUT2D eigenvalue weighted by atomic mass is 35.5. The van der Waals surface area contributed by atoms with Crippen molar-refractivity contribution >= 4 is 17.5 Å². The molecule has 4 nitrogen and oxygen atoms in total. The number of nitriles is 1. The zero-order valence-corrected chi connectivity index (χ0v) is 18.1. The lowest BCUT2D eigenvalue weighted by Gasteiger charge is -2.10. The average Bonchev–Trinajstić information content (AvgIpc) is 3.15. The number of hydrogen-bond acceptors (Lipinski definition) is 2. The predicted octanol–water partition coefficient (Wildman–Crippen LogP) is 6.18. The Morgan fingerprint density at radius 2 is 1.74 bits per heavy atom. The molecule has 2 aromatic rings. The molecule has 1 heterocycles. The first-order chi connectivity index (χ1) is 13.1. The lowest BCUT2D eigenvalue weighted by Crippen LogP contribution is -2.26. The molecule has 150 valence electrons. The van der Waals surface area contributed by atoms with Crippen molar-refractivity contribution in [3.05, 3.63) is 58.1 Å². The standard InChI is InChI=1S/C15H13ClFN3O.3C2H6/c1-2-20-10(8-18)6-7-14(20)15(21)19-9-11-12(16)4-3-5-13(11)17;3*1-2/h3-7H,2,9H2,1H3,(H,19,21);3*1-2H3. The Morgan fingerprint density at radius 1 is 1.15 bits per heavy atom. The van der Waals surface area contributed by atoms with Crippen LogP contribution in [-0.2, 0) is 13.1 Å². The van der Waals surface area contributed by atoms with Crippen molar-refractivity contribution in [1.29, 1.82) is 5.26 Å². The van der Waals surface area contributed by atoms with Gasteiger partial charge < -0.3 is 9.88 Å². The fourth-order valence-corrected chi connectivity index (χ4v) is 2.29. The van der Waals surface area contributed by atoms with Crippen LogP contribution in [0.5, 0.6) is 0 Å². The molecule has 1 aromatic heterocycles. The van der Waals surface area contributed by atoms with Crippen molar-refractivity contribution in [3.8, 4) is 6.07 Å². The monoisotopic (exact) mass is 395 g/mol. The molecule has 0 aliphatic carbocycles. The zero-order chi connectivity index (χ0) is 21.4. The predicted molar refractivity (Wildman–Crippen MR) is 111 cm³/mol. The maximum Gasteiger partial charge on any atom is 0.268 e. The minimum absolute atomic E-state index is 0.0128. The van der Waals surface area contributed by atoms with Crippen molar-refractivity contribution in [2.75, 3.05) is 0 Å². The molecule has 0 radical (unpaired) electrons. The van der Waals surface area contributed by atoms with Gasteiger partial charge in [-0.25, -0.2) is 4.39 Å². The van der Waals surface area contributed by atoms with Crippen LogP contribution in [0.15, 0.2) is 30.3 Å². The van der Waals surface area contributed by atoms with E-state index in [4.69, 9.17) is 16.9 Å². The summed E-state index contributed by atoms with van der Waals surface area (Å²) in [5, 5.41) is 11.8. The van der Waals surface area contributed by atoms with Crippen molar-refractivity contribution in [2.45, 2.75) is 61.6 Å². The highest BCUT2D eigenvalue weighted by Gasteiger charge is 2.15. The van der Waals surface area contributed by atoms with Crippen LogP contribution >= 0.6 is 11.6 Å². The quantitative estimate of drug-likeness (QED) is 0.671. The number of halogens is 2. The molecule has 0 atom stereocenters. The highest BCUT2D eigenvalue weighted by Crippen LogP contribution is 2.18. The van der Waals surface area contributed by atoms with Gasteiger partial charge in [-0.15, -0.1) is 0 Å². The Balaban J connectivity index is 0. The molecular formula is C21H31ClFN3O. The maximum atomic E-state index is 13.6. The van der Waals surface area contributed by atoms with Crippen LogP contribution in [0.2, 0.25) is 5.02 Å². The lowest BCUT2D eigenvalue weighted by atomic mass is 10.2. The number of amides is 1. The molecule has 0 bridgehead atoms. The van der Waals surface area contributed by atoms with Crippen molar-refractivity contribution in [2.24, 2.45) is 0 Å². The van der Waals surface area contributed by atoms with Crippen LogP contribution in [-0.4, -0.2) is 10.5 Å². The number of aromatic nitrogens is 1. The Kier molecular flexibility index (Phi) is 15.8. The van der Waals surface area contributed by atoms with Crippen LogP contribution in [0.4, 0.5) is 4.39 Å². The third kappa shape index (κ3) is 7.84. The molecule has 1 aromatic carbocycles. The van der Waals surface area contributed by atoms with Gasteiger partial charge in [-0.05, 0) is 31.2 Å². The topological polar surface area (TPSA) is 57.8 Å². The minimum atomic E-state index is -0.466. The van der Waals surface area contributed by atoms with Crippen LogP contribution in [0.3, 0.4) is 0 Å². The first-order valence-electron chi connectivity index (χ1n) is 9.39. The van der Waals surface area contributed by atoms with Crippen LogP contribution in [0.1, 0.15) is 70.2 Å². The molecule has 27 heavy (non-hydrogen) atoms. The number of rotatable bonds is 4. The van der Waals surface area contributed by atoms with Gasteiger partial charge in [-0.2, -0.15) is 5.26 Å². The van der Waals surface area contributed by atoms with Crippen molar-refractivity contribution in [3.63, 3.8) is 0 Å². The summed E-state index contributed by atoms with van der Waals surface area (Å²) < 4.78 is 15.2. The average molecular weight is 396 g/mol. The van der Waals surface area contributed by atoms with Crippen molar-refractivity contribution in [1.82, 2.24) is 9.88 Å². The highest BCUT2D eigenvalue weighted by molar-refractivity contribution is 6.31. The fourth-order valence-electron chi connectivity index (χ4n) is 2.06. The molecule has 0 spiro atoms. The van der Waals surface area contributed by atoms with E-state index in [1.165, 1.54) is 12.1 Å². The second kappa shape index (κ2) is 15.9. The third-order valence-corrected chi connectivity index (χ3v) is 3.49. The van der Waals surface area contributed by atoms with Crippen molar-refractivity contribution < 1.29 is 9.18 Å². The van der Waals surface area contributed by atoms with E-state index in [1.807, 2.05) is 54.5 Å². The van der Waals surface area contributed by atoms with E-state index in [9.17, 15) is 9.18 Å². The van der Waals surface area contributed by atoms with Gasteiger partial charge in [0, 0.05) is 23.7 Å². The second-order valence-corrected chi connectivity index (χ2v) is 4.75. The van der Waals surface area contributed by atoms with Gasteiger partial charge in [-0.3, -0.25) is 4.79 Å². The van der Waals surface area contributed by atoms with Crippen LogP contribution in [0.25, 0.3) is 0 Å². The van der Waals surface area contributed by atoms with Gasteiger partial charge in [0.05, 0.1) is 0 Å². The van der Waals surface area contributed by atoms with Gasteiger partial charge in [0.25, 0.3) is 5.91 Å². The molecule has 1 N–H and O–H groups in total. The Hall–Kier alpha value is -2.32. The van der Waals surface area contributed by atoms with E-state index in [-0.39, 0.29) is 23.0 Å². The summed E-state index contributed by atoms with van der Waals surface area (Å²) in [5.74, 6) is -0.843. The van der Waals surface area contributed by atoms with Crippen LogP contribution in [0, 0.1) is 17.1 Å². The summed E-state index contributed by atoms with van der Waals surface area (Å²) in [6.45, 7) is 14.3. The number of hydrogen-bond donors (Lipinski definition) is 1. The van der Waals surface area contributed by atoms with E-state index in [0.29, 0.717) is 17.9 Å². The first kappa shape index (κ1) is 26.9. The van der Waals surface area contributed by atoms with Gasteiger partial charge in [-0.1, -0.05) is 59.2 Å². The summed E-state index contributed by atoms with van der Waals surface area (Å²) in [6.07, 6.45) is 0. The molecule has 0 saturated carbocycles. The first-order valence-corrected chi connectivity index (χ1v) is 9.77. The largest absolute Gasteiger partial charge is 0.347 e. The number of nitrogens with zero attached hydrogens (tertiary/aromatic N) is 2. The SMILES string of the molecule is CC.CC.CC.CCn1c(C#N)ccc1C(=O)NCc1c(F)cccc1Cl. The molecule has 0 fully saturated rings. The number of nitrogens with one attached hydrogen (secondary N) is 1. The number of carbonyl (C=O) groups excluding carboxylic acids is 1. The van der Waals surface area contributed by atoms with Gasteiger partial charge in [0.2, 0.25) is 0 Å². The summed E-state index contributed by atoms with van der Waals surface area (Å²) in [7, 11) is 0. The fraction of sp³-hybridized carbons (Fsp3) is 0.429. The van der Waals surface area contributed by atoms with Gasteiger partial charge >= 0.3 is 0 Å². The molecule has 1 amide bonds.